The first-order valence-corrected chi connectivity index (χ1v) is 17.9. The van der Waals surface area contributed by atoms with Gasteiger partial charge in [0.25, 0.3) is 0 Å². The second-order valence-corrected chi connectivity index (χ2v) is 13.9. The van der Waals surface area contributed by atoms with Crippen molar-refractivity contribution in [3.05, 3.63) is 105 Å². The van der Waals surface area contributed by atoms with E-state index in [9.17, 15) is 38.5 Å². The Labute approximate surface area is 321 Å². The molecule has 1 fully saturated rings. The molecule has 0 spiro atoms. The molecule has 2 heterocycles. The van der Waals surface area contributed by atoms with Crippen LogP contribution in [0.5, 0.6) is 17.2 Å². The highest BCUT2D eigenvalue weighted by Gasteiger charge is 2.38. The number of pyridine rings is 1. The molecule has 11 nitrogen and oxygen atoms in total. The zero-order valence-corrected chi connectivity index (χ0v) is 31.1. The van der Waals surface area contributed by atoms with Crippen molar-refractivity contribution in [2.45, 2.75) is 64.3 Å². The number of alkyl halides is 3. The molecule has 0 radical (unpaired) electrons. The first-order chi connectivity index (χ1) is 26.2. The molecule has 0 saturated carbocycles. The number of ether oxygens (including phenoxy) is 3. The van der Waals surface area contributed by atoms with Crippen LogP contribution in [0.1, 0.15) is 53.1 Å². The second-order valence-electron chi connectivity index (χ2n) is 13.5. The number of aliphatic hydroxyl groups excluding tert-OH is 2. The van der Waals surface area contributed by atoms with Gasteiger partial charge >= 0.3 is 12.1 Å². The number of aliphatic hydroxyl groups is 2. The number of hydrogen-bond donors (Lipinski definition) is 4. The Bertz CT molecular complexity index is 2030. The molecule has 0 unspecified atom stereocenters. The maximum Gasteiger partial charge on any atom is 0.420 e. The van der Waals surface area contributed by atoms with Crippen molar-refractivity contribution in [1.29, 1.82) is 5.26 Å². The molecule has 1 aromatic heterocycles. The lowest BCUT2D eigenvalue weighted by atomic mass is 9.92. The molecule has 5 rings (SSSR count). The molecular weight excluding hydrogens is 741 g/mol. The Balaban J connectivity index is 1.38. The van der Waals surface area contributed by atoms with Gasteiger partial charge in [-0.1, -0.05) is 41.9 Å². The van der Waals surface area contributed by atoms with E-state index in [1.165, 1.54) is 49.6 Å². The van der Waals surface area contributed by atoms with Gasteiger partial charge in [-0.3, -0.25) is 15.1 Å². The van der Waals surface area contributed by atoms with Crippen LogP contribution < -0.4 is 19.5 Å². The summed E-state index contributed by atoms with van der Waals surface area (Å²) < 4.78 is 61.9. The lowest BCUT2D eigenvalue weighted by molar-refractivity contribution is -0.146. The van der Waals surface area contributed by atoms with Crippen LogP contribution in [0.3, 0.4) is 0 Å². The number of rotatable bonds is 17. The van der Waals surface area contributed by atoms with Gasteiger partial charge in [0.05, 0.1) is 29.9 Å². The number of carboxylic acids is 1. The number of aliphatic carboxylic acids is 1. The third kappa shape index (κ3) is 10.4. The minimum absolute atomic E-state index is 0.0131. The van der Waals surface area contributed by atoms with Gasteiger partial charge in [-0.05, 0) is 67.1 Å². The molecule has 4 aromatic rings. The number of nitrogens with zero attached hydrogens (tertiary/aromatic N) is 3. The van der Waals surface area contributed by atoms with Gasteiger partial charge in [0.1, 0.15) is 47.6 Å². The SMILES string of the molecule is Cc1c(COc2cc(OCc3cncc(C#N)c3)c(CN[C@@](C)(CO)C(=O)O)cc2Cl)cccc1-c1cccc(OCCCN2CC[C@@H](O)C2)c1C(F)(F)F. The van der Waals surface area contributed by atoms with Gasteiger partial charge in [0.2, 0.25) is 0 Å². The highest BCUT2D eigenvalue weighted by Crippen LogP contribution is 2.44. The summed E-state index contributed by atoms with van der Waals surface area (Å²) in [6.07, 6.45) is -0.972. The summed E-state index contributed by atoms with van der Waals surface area (Å²) >= 11 is 6.65. The molecule has 55 heavy (non-hydrogen) atoms. The van der Waals surface area contributed by atoms with Crippen LogP contribution >= 0.6 is 11.6 Å². The van der Waals surface area contributed by atoms with E-state index >= 15 is 0 Å². The first kappa shape index (κ1) is 41.3. The average molecular weight is 783 g/mol. The minimum atomic E-state index is -4.71. The van der Waals surface area contributed by atoms with Crippen LogP contribution in [0, 0.1) is 18.3 Å². The Hall–Kier alpha value is -4.91. The molecule has 0 bridgehead atoms. The largest absolute Gasteiger partial charge is 0.493 e. The van der Waals surface area contributed by atoms with Crippen molar-refractivity contribution in [2.24, 2.45) is 0 Å². The highest BCUT2D eigenvalue weighted by molar-refractivity contribution is 6.32. The van der Waals surface area contributed by atoms with Crippen molar-refractivity contribution >= 4 is 17.6 Å². The van der Waals surface area contributed by atoms with Gasteiger partial charge < -0.3 is 34.4 Å². The lowest BCUT2D eigenvalue weighted by Crippen LogP contribution is -2.52. The molecule has 3 aromatic carbocycles. The number of benzene rings is 3. The molecule has 1 aliphatic heterocycles. The summed E-state index contributed by atoms with van der Waals surface area (Å²) in [6.45, 7) is 4.17. The molecule has 292 valence electrons. The predicted molar refractivity (Wildman–Crippen MR) is 198 cm³/mol. The summed E-state index contributed by atoms with van der Waals surface area (Å²) in [7, 11) is 0. The van der Waals surface area contributed by atoms with Crippen LogP contribution in [0.15, 0.2) is 67.0 Å². The standard InChI is InChI=1S/C40H42ClF3N4O7/c1-25-28(6-3-7-31(25)32-8-4-9-34(37(32)40(42,43)44)53-13-5-11-48-12-10-30(50)21-48)23-55-36-16-35(54-22-27-14-26(17-45)18-46-19-27)29(15-33(36)41)20-47-39(2,24-49)38(51)52/h3-4,6-9,14-16,18-19,30,47,49-50H,5,10-13,20-24H2,1-2H3,(H,51,52)/t30-,39+/m1/s1. The Morgan fingerprint density at radius 3 is 2.47 bits per heavy atom. The van der Waals surface area contributed by atoms with E-state index in [-0.39, 0.29) is 60.3 Å². The third-order valence-corrected chi connectivity index (χ3v) is 9.74. The molecule has 2 atom stereocenters. The zero-order chi connectivity index (χ0) is 39.8. The third-order valence-electron chi connectivity index (χ3n) is 9.44. The van der Waals surface area contributed by atoms with Gasteiger partial charge in [-0.2, -0.15) is 18.4 Å². The van der Waals surface area contributed by atoms with Crippen molar-refractivity contribution in [3.8, 4) is 34.4 Å². The van der Waals surface area contributed by atoms with E-state index in [2.05, 4.69) is 15.2 Å². The summed E-state index contributed by atoms with van der Waals surface area (Å²) in [5.41, 5.74) is 0.269. The normalized spacial score (nSPS) is 15.7. The maximum atomic E-state index is 14.7. The molecule has 0 aliphatic carbocycles. The van der Waals surface area contributed by atoms with Gasteiger partial charge in [0, 0.05) is 55.8 Å². The van der Waals surface area contributed by atoms with Gasteiger partial charge in [-0.15, -0.1) is 0 Å². The highest BCUT2D eigenvalue weighted by atomic mass is 35.5. The number of hydrogen-bond acceptors (Lipinski definition) is 10. The number of carboxylic acid groups (broad SMARTS) is 1. The topological polar surface area (TPSA) is 157 Å². The van der Waals surface area contributed by atoms with E-state index in [1.54, 1.807) is 31.2 Å². The number of halogens is 4. The van der Waals surface area contributed by atoms with E-state index in [0.717, 1.165) is 6.54 Å². The predicted octanol–water partition coefficient (Wildman–Crippen LogP) is 6.52. The lowest BCUT2D eigenvalue weighted by Gasteiger charge is -2.25. The number of aromatic nitrogens is 1. The summed E-state index contributed by atoms with van der Waals surface area (Å²) in [6, 6.07) is 15.9. The van der Waals surface area contributed by atoms with Crippen LogP contribution in [-0.2, 0) is 30.7 Å². The fourth-order valence-corrected chi connectivity index (χ4v) is 6.42. The van der Waals surface area contributed by atoms with E-state index in [1.807, 2.05) is 6.07 Å². The number of likely N-dealkylation sites (tertiary alicyclic amines) is 1. The molecular formula is C40H42ClF3N4O7. The zero-order valence-electron chi connectivity index (χ0n) is 30.3. The Morgan fingerprint density at radius 1 is 1.04 bits per heavy atom. The van der Waals surface area contributed by atoms with Crippen molar-refractivity contribution < 1.29 is 47.5 Å². The average Bonchev–Trinajstić information content (AvgIpc) is 3.58. The number of carbonyl (C=O) groups is 1. The number of nitriles is 1. The Morgan fingerprint density at radius 2 is 1.78 bits per heavy atom. The van der Waals surface area contributed by atoms with Gasteiger partial charge in [-0.25, -0.2) is 0 Å². The van der Waals surface area contributed by atoms with Crippen LogP contribution in [-0.4, -0.2) is 75.7 Å². The summed E-state index contributed by atoms with van der Waals surface area (Å²) in [5, 5.41) is 41.3. The van der Waals surface area contributed by atoms with E-state index in [0.29, 0.717) is 59.3 Å². The molecule has 4 N–H and O–H groups in total. The second kappa shape index (κ2) is 18.1. The van der Waals surface area contributed by atoms with Crippen molar-refractivity contribution in [3.63, 3.8) is 0 Å². The fourth-order valence-electron chi connectivity index (χ4n) is 6.18. The maximum absolute atomic E-state index is 14.7. The smallest absolute Gasteiger partial charge is 0.420 e. The minimum Gasteiger partial charge on any atom is -0.493 e. The quantitative estimate of drug-likeness (QED) is 0.0865. The van der Waals surface area contributed by atoms with Gasteiger partial charge in [0.15, 0.2) is 0 Å². The molecule has 0 amide bonds. The fraction of sp³-hybridized carbons (Fsp3) is 0.375. The Kier molecular flexibility index (Phi) is 13.6. The summed E-state index contributed by atoms with van der Waals surface area (Å²) in [5.74, 6) is -1.08. The van der Waals surface area contributed by atoms with Crippen LogP contribution in [0.4, 0.5) is 13.2 Å². The molecule has 15 heteroatoms. The van der Waals surface area contributed by atoms with Crippen molar-refractivity contribution in [1.82, 2.24) is 15.2 Å². The summed E-state index contributed by atoms with van der Waals surface area (Å²) in [4.78, 5) is 17.9. The number of nitrogens with one attached hydrogen (secondary N) is 1. The van der Waals surface area contributed by atoms with E-state index in [4.69, 9.17) is 25.8 Å². The first-order valence-electron chi connectivity index (χ1n) is 17.6. The molecule has 1 saturated heterocycles. The van der Waals surface area contributed by atoms with Crippen LogP contribution in [0.2, 0.25) is 5.02 Å². The molecule has 1 aliphatic rings. The van der Waals surface area contributed by atoms with E-state index < -0.39 is 29.9 Å². The monoisotopic (exact) mass is 782 g/mol. The van der Waals surface area contributed by atoms with Crippen molar-refractivity contribution in [2.75, 3.05) is 32.8 Å². The van der Waals surface area contributed by atoms with Crippen LogP contribution in [0.25, 0.3) is 11.1 Å². The number of β-amino-alcohol motifs (C(OH)–C–C–N with tert-alkyl or cyclic N) is 1.